The Morgan fingerprint density at radius 2 is 2.38 bits per heavy atom. The van der Waals surface area contributed by atoms with E-state index >= 15 is 0 Å². The van der Waals surface area contributed by atoms with Crippen LogP contribution in [0.2, 0.25) is 0 Å². The summed E-state index contributed by atoms with van der Waals surface area (Å²) in [6.07, 6.45) is 6.83. The third-order valence-electron chi connectivity index (χ3n) is 3.24. The second-order valence-corrected chi connectivity index (χ2v) is 4.28. The molecule has 1 saturated carbocycles. The minimum absolute atomic E-state index is 0.159. The highest BCUT2D eigenvalue weighted by Crippen LogP contribution is 2.39. The molecular formula is C11H20O2. The normalized spacial score (nSPS) is 34.5. The van der Waals surface area contributed by atoms with Crippen LogP contribution < -0.4 is 0 Å². The fraction of sp³-hybridized carbons (Fsp3) is 0.909. The van der Waals surface area contributed by atoms with Crippen LogP contribution in [-0.2, 0) is 9.53 Å². The van der Waals surface area contributed by atoms with Crippen LogP contribution in [0.5, 0.6) is 0 Å². The van der Waals surface area contributed by atoms with Crippen molar-refractivity contribution in [3.8, 4) is 0 Å². The lowest BCUT2D eigenvalue weighted by atomic mass is 9.70. The maximum Gasteiger partial charge on any atom is 0.128 e. The van der Waals surface area contributed by atoms with Gasteiger partial charge in [0.1, 0.15) is 6.29 Å². The Hall–Kier alpha value is -0.370. The summed E-state index contributed by atoms with van der Waals surface area (Å²) in [7, 11) is 1.68. The van der Waals surface area contributed by atoms with Crippen molar-refractivity contribution < 1.29 is 9.53 Å². The first-order chi connectivity index (χ1) is 6.26. The van der Waals surface area contributed by atoms with E-state index in [9.17, 15) is 4.79 Å². The summed E-state index contributed by atoms with van der Waals surface area (Å²) >= 11 is 0. The lowest BCUT2D eigenvalue weighted by Crippen LogP contribution is -2.34. The fourth-order valence-electron chi connectivity index (χ4n) is 2.43. The van der Waals surface area contributed by atoms with Gasteiger partial charge in [-0.2, -0.15) is 0 Å². The SMILES string of the molecule is CCC1CCCC(C=O)(COC)C1. The van der Waals surface area contributed by atoms with Crippen molar-refractivity contribution in [2.75, 3.05) is 13.7 Å². The summed E-state index contributed by atoms with van der Waals surface area (Å²) in [5.74, 6) is 0.731. The van der Waals surface area contributed by atoms with E-state index < -0.39 is 0 Å². The number of hydrogen-bond donors (Lipinski definition) is 0. The Balaban J connectivity index is 2.58. The first kappa shape index (κ1) is 10.7. The monoisotopic (exact) mass is 184 g/mol. The van der Waals surface area contributed by atoms with Gasteiger partial charge >= 0.3 is 0 Å². The quantitative estimate of drug-likeness (QED) is 0.627. The molecule has 0 N–H and O–H groups in total. The van der Waals surface area contributed by atoms with Crippen molar-refractivity contribution in [1.29, 1.82) is 0 Å². The molecule has 0 aromatic heterocycles. The highest BCUT2D eigenvalue weighted by Gasteiger charge is 2.35. The minimum Gasteiger partial charge on any atom is -0.384 e. The summed E-state index contributed by atoms with van der Waals surface area (Å²) in [6.45, 7) is 2.81. The van der Waals surface area contributed by atoms with Crippen molar-refractivity contribution in [2.45, 2.75) is 39.0 Å². The topological polar surface area (TPSA) is 26.3 Å². The zero-order chi connectivity index (χ0) is 9.73. The van der Waals surface area contributed by atoms with Gasteiger partial charge in [-0.25, -0.2) is 0 Å². The molecule has 0 aromatic rings. The lowest BCUT2D eigenvalue weighted by molar-refractivity contribution is -0.122. The van der Waals surface area contributed by atoms with Gasteiger partial charge in [-0.05, 0) is 18.8 Å². The van der Waals surface area contributed by atoms with Crippen LogP contribution in [0.4, 0.5) is 0 Å². The van der Waals surface area contributed by atoms with Gasteiger partial charge in [0.2, 0.25) is 0 Å². The maximum absolute atomic E-state index is 11.1. The second-order valence-electron chi connectivity index (χ2n) is 4.28. The van der Waals surface area contributed by atoms with Crippen LogP contribution in [0, 0.1) is 11.3 Å². The number of hydrogen-bond acceptors (Lipinski definition) is 2. The van der Waals surface area contributed by atoms with E-state index in [-0.39, 0.29) is 5.41 Å². The number of carbonyl (C=O) groups is 1. The van der Waals surface area contributed by atoms with Crippen molar-refractivity contribution in [1.82, 2.24) is 0 Å². The predicted octanol–water partition coefficient (Wildman–Crippen LogP) is 2.42. The molecule has 1 fully saturated rings. The van der Waals surface area contributed by atoms with Crippen LogP contribution in [-0.4, -0.2) is 20.0 Å². The summed E-state index contributed by atoms with van der Waals surface area (Å²) < 4.78 is 5.14. The van der Waals surface area contributed by atoms with Gasteiger partial charge in [-0.3, -0.25) is 0 Å². The Bertz CT molecular complexity index is 163. The summed E-state index contributed by atoms with van der Waals surface area (Å²) in [6, 6.07) is 0. The molecule has 0 aliphatic heterocycles. The van der Waals surface area contributed by atoms with Crippen molar-refractivity contribution in [2.24, 2.45) is 11.3 Å². The van der Waals surface area contributed by atoms with Crippen molar-refractivity contribution in [3.05, 3.63) is 0 Å². The van der Waals surface area contributed by atoms with Gasteiger partial charge in [-0.15, -0.1) is 0 Å². The van der Waals surface area contributed by atoms with E-state index in [4.69, 9.17) is 4.74 Å². The number of methoxy groups -OCH3 is 1. The van der Waals surface area contributed by atoms with Crippen molar-refractivity contribution in [3.63, 3.8) is 0 Å². The molecule has 2 nitrogen and oxygen atoms in total. The molecule has 0 aromatic carbocycles. The minimum atomic E-state index is -0.159. The van der Waals surface area contributed by atoms with Gasteiger partial charge in [0.15, 0.2) is 0 Å². The predicted molar refractivity (Wildman–Crippen MR) is 52.6 cm³/mol. The molecule has 0 heterocycles. The van der Waals surface area contributed by atoms with Crippen LogP contribution in [0.3, 0.4) is 0 Å². The zero-order valence-corrected chi connectivity index (χ0v) is 8.71. The van der Waals surface area contributed by atoms with Crippen LogP contribution >= 0.6 is 0 Å². The Kier molecular flexibility index (Phi) is 3.91. The molecule has 1 aliphatic rings. The zero-order valence-electron chi connectivity index (χ0n) is 8.71. The highest BCUT2D eigenvalue weighted by molar-refractivity contribution is 5.59. The summed E-state index contributed by atoms with van der Waals surface area (Å²) in [4.78, 5) is 11.1. The lowest BCUT2D eigenvalue weighted by Gasteiger charge is -2.35. The fourth-order valence-corrected chi connectivity index (χ4v) is 2.43. The Morgan fingerprint density at radius 3 is 2.92 bits per heavy atom. The van der Waals surface area contributed by atoms with E-state index in [1.807, 2.05) is 0 Å². The molecule has 1 aliphatic carbocycles. The molecule has 0 spiro atoms. The van der Waals surface area contributed by atoms with Gasteiger partial charge in [0.05, 0.1) is 6.61 Å². The number of aldehydes is 1. The summed E-state index contributed by atoms with van der Waals surface area (Å²) in [5.41, 5.74) is -0.159. The average Bonchev–Trinajstić information content (AvgIpc) is 2.19. The summed E-state index contributed by atoms with van der Waals surface area (Å²) in [5, 5.41) is 0. The average molecular weight is 184 g/mol. The highest BCUT2D eigenvalue weighted by atomic mass is 16.5. The number of carbonyl (C=O) groups excluding carboxylic acids is 1. The molecule has 2 atom stereocenters. The van der Waals surface area contributed by atoms with Gasteiger partial charge in [-0.1, -0.05) is 26.2 Å². The largest absolute Gasteiger partial charge is 0.384 e. The molecular weight excluding hydrogens is 164 g/mol. The first-order valence-corrected chi connectivity index (χ1v) is 5.21. The maximum atomic E-state index is 11.1. The molecule has 13 heavy (non-hydrogen) atoms. The van der Waals surface area contributed by atoms with E-state index in [0.29, 0.717) is 6.61 Å². The molecule has 0 bridgehead atoms. The third kappa shape index (κ3) is 2.53. The third-order valence-corrected chi connectivity index (χ3v) is 3.24. The van der Waals surface area contributed by atoms with E-state index in [2.05, 4.69) is 6.92 Å². The molecule has 1 rings (SSSR count). The molecule has 0 radical (unpaired) electrons. The smallest absolute Gasteiger partial charge is 0.128 e. The molecule has 0 amide bonds. The van der Waals surface area contributed by atoms with Gasteiger partial charge in [0, 0.05) is 12.5 Å². The Morgan fingerprint density at radius 1 is 1.62 bits per heavy atom. The van der Waals surface area contributed by atoms with Crippen LogP contribution in [0.15, 0.2) is 0 Å². The van der Waals surface area contributed by atoms with E-state index in [1.165, 1.54) is 19.3 Å². The van der Waals surface area contributed by atoms with Crippen molar-refractivity contribution >= 4 is 6.29 Å². The molecule has 2 heteroatoms. The van der Waals surface area contributed by atoms with Crippen LogP contribution in [0.25, 0.3) is 0 Å². The molecule has 2 unspecified atom stereocenters. The Labute approximate surface area is 80.7 Å². The van der Waals surface area contributed by atoms with Gasteiger partial charge < -0.3 is 9.53 Å². The van der Waals surface area contributed by atoms with E-state index in [1.54, 1.807) is 7.11 Å². The van der Waals surface area contributed by atoms with E-state index in [0.717, 1.165) is 25.0 Å². The molecule has 76 valence electrons. The van der Waals surface area contributed by atoms with Crippen LogP contribution in [0.1, 0.15) is 39.0 Å². The number of ether oxygens (including phenoxy) is 1. The van der Waals surface area contributed by atoms with Gasteiger partial charge in [0.25, 0.3) is 0 Å². The standard InChI is InChI=1S/C11H20O2/c1-3-10-5-4-6-11(7-10,8-12)9-13-2/h8,10H,3-7,9H2,1-2H3. The first-order valence-electron chi connectivity index (χ1n) is 5.21. The number of rotatable bonds is 4. The molecule has 0 saturated heterocycles. The second kappa shape index (κ2) is 4.75.